The summed E-state index contributed by atoms with van der Waals surface area (Å²) >= 11 is 0. The molecule has 3 aromatic heterocycles. The fraction of sp³-hybridized carbons (Fsp3) is 0.280. The minimum atomic E-state index is -0.188. The summed E-state index contributed by atoms with van der Waals surface area (Å²) < 4.78 is 0. The third kappa shape index (κ3) is 4.19. The van der Waals surface area contributed by atoms with Crippen LogP contribution in [0.25, 0.3) is 22.2 Å². The SMILES string of the molecule is Cc1cc(C)c2[nH]c(C)c(CCNC(=O)c3cnc(N(C)C)nc3-c3ccncc3)c2c1. The minimum absolute atomic E-state index is 0.188. The molecule has 7 nitrogen and oxygen atoms in total. The fourth-order valence-corrected chi connectivity index (χ4v) is 4.04. The zero-order valence-electron chi connectivity index (χ0n) is 19.2. The summed E-state index contributed by atoms with van der Waals surface area (Å²) in [5, 5.41) is 4.28. The third-order valence-corrected chi connectivity index (χ3v) is 5.61. The van der Waals surface area contributed by atoms with E-state index in [1.165, 1.54) is 27.6 Å². The summed E-state index contributed by atoms with van der Waals surface area (Å²) in [6, 6.07) is 8.08. The van der Waals surface area contributed by atoms with Gasteiger partial charge in [-0.15, -0.1) is 0 Å². The van der Waals surface area contributed by atoms with Crippen LogP contribution in [0.2, 0.25) is 0 Å². The Balaban J connectivity index is 1.57. The van der Waals surface area contributed by atoms with Gasteiger partial charge in [-0.1, -0.05) is 11.6 Å². The van der Waals surface area contributed by atoms with Crippen molar-refractivity contribution in [3.8, 4) is 11.3 Å². The topological polar surface area (TPSA) is 86.8 Å². The number of rotatable bonds is 6. The number of amides is 1. The molecule has 0 spiro atoms. The molecular formula is C25H28N6O. The molecule has 1 aromatic carbocycles. The molecule has 0 saturated heterocycles. The van der Waals surface area contributed by atoms with E-state index >= 15 is 0 Å². The molecule has 7 heteroatoms. The summed E-state index contributed by atoms with van der Waals surface area (Å²) in [7, 11) is 3.75. The molecule has 3 heterocycles. The number of nitrogens with zero attached hydrogens (tertiary/aromatic N) is 4. The smallest absolute Gasteiger partial charge is 0.255 e. The normalized spacial score (nSPS) is 11.0. The van der Waals surface area contributed by atoms with Crippen LogP contribution in [-0.4, -0.2) is 46.5 Å². The molecule has 0 atom stereocenters. The van der Waals surface area contributed by atoms with Gasteiger partial charge in [0.1, 0.15) is 0 Å². The number of pyridine rings is 1. The van der Waals surface area contributed by atoms with Crippen molar-refractivity contribution < 1.29 is 4.79 Å². The number of aryl methyl sites for hydroxylation is 3. The van der Waals surface area contributed by atoms with Gasteiger partial charge >= 0.3 is 0 Å². The zero-order chi connectivity index (χ0) is 22.8. The lowest BCUT2D eigenvalue weighted by molar-refractivity contribution is 0.0954. The van der Waals surface area contributed by atoms with Crippen LogP contribution in [0.1, 0.15) is 32.7 Å². The summed E-state index contributed by atoms with van der Waals surface area (Å²) in [5.41, 5.74) is 7.89. The van der Waals surface area contributed by atoms with Gasteiger partial charge in [0.05, 0.1) is 11.3 Å². The fourth-order valence-electron chi connectivity index (χ4n) is 4.04. The highest BCUT2D eigenvalue weighted by Gasteiger charge is 2.18. The van der Waals surface area contributed by atoms with Crippen LogP contribution in [0, 0.1) is 20.8 Å². The Kier molecular flexibility index (Phi) is 5.90. The van der Waals surface area contributed by atoms with E-state index in [2.05, 4.69) is 58.2 Å². The molecular weight excluding hydrogens is 400 g/mol. The van der Waals surface area contributed by atoms with Crippen molar-refractivity contribution in [3.05, 3.63) is 70.8 Å². The molecule has 32 heavy (non-hydrogen) atoms. The average Bonchev–Trinajstić information content (AvgIpc) is 3.09. The first-order chi connectivity index (χ1) is 15.3. The second-order valence-electron chi connectivity index (χ2n) is 8.30. The van der Waals surface area contributed by atoms with E-state index in [0.29, 0.717) is 23.8 Å². The number of carbonyl (C=O) groups is 1. The molecule has 0 aliphatic rings. The molecule has 1 amide bonds. The minimum Gasteiger partial charge on any atom is -0.358 e. The van der Waals surface area contributed by atoms with Gasteiger partial charge in [0.2, 0.25) is 5.95 Å². The highest BCUT2D eigenvalue weighted by Crippen LogP contribution is 2.27. The zero-order valence-corrected chi connectivity index (χ0v) is 19.2. The van der Waals surface area contributed by atoms with Crippen molar-refractivity contribution in [1.29, 1.82) is 0 Å². The van der Waals surface area contributed by atoms with Crippen LogP contribution in [0.15, 0.2) is 42.9 Å². The van der Waals surface area contributed by atoms with Crippen molar-refractivity contribution in [2.75, 3.05) is 25.5 Å². The molecule has 0 unspecified atom stereocenters. The number of carbonyl (C=O) groups excluding carboxylic acids is 1. The molecule has 4 aromatic rings. The predicted molar refractivity (Wildman–Crippen MR) is 128 cm³/mol. The van der Waals surface area contributed by atoms with Gasteiger partial charge in [-0.25, -0.2) is 9.97 Å². The van der Waals surface area contributed by atoms with E-state index in [4.69, 9.17) is 0 Å². The Morgan fingerprint density at radius 3 is 2.59 bits per heavy atom. The quantitative estimate of drug-likeness (QED) is 0.485. The lowest BCUT2D eigenvalue weighted by atomic mass is 10.0. The average molecular weight is 429 g/mol. The second-order valence-corrected chi connectivity index (χ2v) is 8.30. The Hall–Kier alpha value is -3.74. The molecule has 2 N–H and O–H groups in total. The van der Waals surface area contributed by atoms with Gasteiger partial charge in [0.15, 0.2) is 0 Å². The summed E-state index contributed by atoms with van der Waals surface area (Å²) in [6.07, 6.45) is 5.72. The van der Waals surface area contributed by atoms with Crippen molar-refractivity contribution in [1.82, 2.24) is 25.3 Å². The Labute approximate surface area is 187 Å². The lowest BCUT2D eigenvalue weighted by Crippen LogP contribution is -2.27. The molecule has 0 aliphatic carbocycles. The monoisotopic (exact) mass is 428 g/mol. The van der Waals surface area contributed by atoms with Gasteiger partial charge in [0.25, 0.3) is 5.91 Å². The van der Waals surface area contributed by atoms with Crippen LogP contribution in [0.3, 0.4) is 0 Å². The standard InChI is InChI=1S/C25H28N6O/c1-15-12-16(2)22-20(13-15)19(17(3)29-22)8-11-27-24(32)21-14-28-25(31(4)5)30-23(21)18-6-9-26-10-7-18/h6-7,9-10,12-14,29H,8,11H2,1-5H3,(H,27,32). The number of anilines is 1. The van der Waals surface area contributed by atoms with Gasteiger partial charge in [0, 0.05) is 61.4 Å². The molecule has 0 radical (unpaired) electrons. The number of fused-ring (bicyclic) bond motifs is 1. The van der Waals surface area contributed by atoms with Crippen LogP contribution in [0.4, 0.5) is 5.95 Å². The molecule has 0 aliphatic heterocycles. The van der Waals surface area contributed by atoms with Crippen molar-refractivity contribution in [2.45, 2.75) is 27.2 Å². The predicted octanol–water partition coefficient (Wildman–Crippen LogP) is 3.98. The summed E-state index contributed by atoms with van der Waals surface area (Å²) in [4.78, 5) is 31.4. The van der Waals surface area contributed by atoms with E-state index in [9.17, 15) is 4.79 Å². The summed E-state index contributed by atoms with van der Waals surface area (Å²) in [6.45, 7) is 6.83. The number of hydrogen-bond acceptors (Lipinski definition) is 5. The van der Waals surface area contributed by atoms with E-state index in [1.54, 1.807) is 18.6 Å². The van der Waals surface area contributed by atoms with E-state index in [1.807, 2.05) is 31.1 Å². The Bertz CT molecular complexity index is 1280. The number of benzene rings is 1. The van der Waals surface area contributed by atoms with Crippen molar-refractivity contribution in [3.63, 3.8) is 0 Å². The van der Waals surface area contributed by atoms with Crippen LogP contribution in [-0.2, 0) is 6.42 Å². The first-order valence-electron chi connectivity index (χ1n) is 10.7. The van der Waals surface area contributed by atoms with Crippen LogP contribution >= 0.6 is 0 Å². The van der Waals surface area contributed by atoms with E-state index in [0.717, 1.165) is 17.7 Å². The number of aromatic nitrogens is 4. The maximum absolute atomic E-state index is 13.1. The number of nitrogens with one attached hydrogen (secondary N) is 2. The highest BCUT2D eigenvalue weighted by atomic mass is 16.1. The number of H-pyrrole nitrogens is 1. The number of aromatic amines is 1. The molecule has 164 valence electrons. The Morgan fingerprint density at radius 1 is 1.12 bits per heavy atom. The largest absolute Gasteiger partial charge is 0.358 e. The van der Waals surface area contributed by atoms with Gasteiger partial charge < -0.3 is 15.2 Å². The van der Waals surface area contributed by atoms with Gasteiger partial charge in [-0.2, -0.15) is 0 Å². The molecule has 0 saturated carbocycles. The number of hydrogen-bond donors (Lipinski definition) is 2. The second kappa shape index (κ2) is 8.78. The van der Waals surface area contributed by atoms with E-state index < -0.39 is 0 Å². The Morgan fingerprint density at radius 2 is 1.88 bits per heavy atom. The van der Waals surface area contributed by atoms with Crippen molar-refractivity contribution >= 4 is 22.8 Å². The lowest BCUT2D eigenvalue weighted by Gasteiger charge is -2.14. The maximum atomic E-state index is 13.1. The third-order valence-electron chi connectivity index (χ3n) is 5.61. The molecule has 4 rings (SSSR count). The molecule has 0 bridgehead atoms. The van der Waals surface area contributed by atoms with E-state index in [-0.39, 0.29) is 5.91 Å². The summed E-state index contributed by atoms with van der Waals surface area (Å²) in [5.74, 6) is 0.362. The van der Waals surface area contributed by atoms with Crippen LogP contribution in [0.5, 0.6) is 0 Å². The van der Waals surface area contributed by atoms with Gasteiger partial charge in [-0.05, 0) is 56.5 Å². The first-order valence-corrected chi connectivity index (χ1v) is 10.7. The van der Waals surface area contributed by atoms with Crippen molar-refractivity contribution in [2.24, 2.45) is 0 Å². The highest BCUT2D eigenvalue weighted by molar-refractivity contribution is 5.99. The van der Waals surface area contributed by atoms with Crippen LogP contribution < -0.4 is 10.2 Å². The maximum Gasteiger partial charge on any atom is 0.255 e. The first kappa shape index (κ1) is 21.5. The molecule has 0 fully saturated rings. The van der Waals surface area contributed by atoms with Gasteiger partial charge in [-0.3, -0.25) is 9.78 Å².